The maximum Gasteiger partial charge on any atom is 0.149 e. The molecule has 0 bridgehead atoms. The number of hydrogen-bond donors (Lipinski definition) is 4. The minimum Gasteiger partial charge on any atom is -0.412 e. The zero-order valence-corrected chi connectivity index (χ0v) is 9.51. The molecule has 14 heavy (non-hydrogen) atoms. The minimum absolute atomic E-state index is 0. The number of halogens is 3. The summed E-state index contributed by atoms with van der Waals surface area (Å²) in [5.74, 6) is 0.429. The second-order valence-electron chi connectivity index (χ2n) is 1.94. The van der Waals surface area contributed by atoms with E-state index < -0.39 is 0 Å². The van der Waals surface area contributed by atoms with Gasteiger partial charge in [-0.05, 0) is 6.07 Å². The fourth-order valence-corrected chi connectivity index (χ4v) is 0.574. The Kier molecular flexibility index (Phi) is 14.5. The van der Waals surface area contributed by atoms with Crippen molar-refractivity contribution >= 4 is 60.2 Å². The molecule has 0 fully saturated rings. The zero-order valence-electron chi connectivity index (χ0n) is 7.06. The Bertz CT molecular complexity index is 222. The number of rotatable bonds is 0. The molecule has 1 aromatic heterocycles. The molecule has 1 heterocycles. The van der Waals surface area contributed by atoms with E-state index in [-0.39, 0.29) is 54.3 Å². The van der Waals surface area contributed by atoms with Crippen molar-refractivity contribution in [2.45, 2.75) is 0 Å². The summed E-state index contributed by atoms with van der Waals surface area (Å²) >= 11 is 0. The molecule has 0 saturated carbocycles. The first kappa shape index (κ1) is 23.2. The Morgan fingerprint density at radius 1 is 0.786 bits per heavy atom. The standard InChI is InChI=1S/C5H9N5.3ClH.H2O/c6-2-1-3(7)5(9)10-4(2)8;;;;/h1H,6-7H2,(H4,8,9,10);3*1H;1H2. The Morgan fingerprint density at radius 3 is 1.29 bits per heavy atom. The van der Waals surface area contributed by atoms with Gasteiger partial charge in [-0.1, -0.05) is 0 Å². The molecule has 0 atom stereocenters. The highest BCUT2D eigenvalue weighted by molar-refractivity contribution is 5.86. The summed E-state index contributed by atoms with van der Waals surface area (Å²) in [6.07, 6.45) is 0. The normalized spacial score (nSPS) is 6.86. The van der Waals surface area contributed by atoms with Crippen LogP contribution < -0.4 is 22.9 Å². The highest BCUT2D eigenvalue weighted by Gasteiger charge is 1.99. The molecule has 0 unspecified atom stereocenters. The summed E-state index contributed by atoms with van der Waals surface area (Å²) < 4.78 is 0. The van der Waals surface area contributed by atoms with Crippen LogP contribution in [-0.2, 0) is 0 Å². The molecule has 1 aromatic rings. The first-order valence-corrected chi connectivity index (χ1v) is 2.68. The van der Waals surface area contributed by atoms with Gasteiger partial charge >= 0.3 is 0 Å². The van der Waals surface area contributed by atoms with Gasteiger partial charge in [0.2, 0.25) is 0 Å². The molecule has 0 aliphatic carbocycles. The van der Waals surface area contributed by atoms with Crippen LogP contribution in [0.5, 0.6) is 0 Å². The molecule has 0 radical (unpaired) electrons. The van der Waals surface area contributed by atoms with E-state index in [0.717, 1.165) is 0 Å². The monoisotopic (exact) mass is 265 g/mol. The van der Waals surface area contributed by atoms with Crippen LogP contribution >= 0.6 is 37.2 Å². The van der Waals surface area contributed by atoms with E-state index in [4.69, 9.17) is 22.9 Å². The number of aromatic nitrogens is 1. The van der Waals surface area contributed by atoms with Crippen LogP contribution in [0.25, 0.3) is 0 Å². The van der Waals surface area contributed by atoms with E-state index in [1.165, 1.54) is 6.07 Å². The third kappa shape index (κ3) is 5.03. The van der Waals surface area contributed by atoms with E-state index in [9.17, 15) is 0 Å². The average molecular weight is 267 g/mol. The van der Waals surface area contributed by atoms with Gasteiger partial charge in [0, 0.05) is 0 Å². The number of nitrogens with zero attached hydrogens (tertiary/aromatic N) is 1. The molecule has 1 rings (SSSR count). The molecule has 9 heteroatoms. The summed E-state index contributed by atoms with van der Waals surface area (Å²) in [6, 6.07) is 1.48. The Labute approximate surface area is 100.0 Å². The van der Waals surface area contributed by atoms with Gasteiger partial charge < -0.3 is 28.4 Å². The van der Waals surface area contributed by atoms with E-state index in [1.807, 2.05) is 0 Å². The largest absolute Gasteiger partial charge is 0.412 e. The third-order valence-electron chi connectivity index (χ3n) is 1.14. The van der Waals surface area contributed by atoms with Crippen molar-refractivity contribution in [2.24, 2.45) is 0 Å². The van der Waals surface area contributed by atoms with E-state index in [1.54, 1.807) is 0 Å². The summed E-state index contributed by atoms with van der Waals surface area (Å²) in [5.41, 5.74) is 22.1. The van der Waals surface area contributed by atoms with Crippen LogP contribution in [0.2, 0.25) is 0 Å². The van der Waals surface area contributed by atoms with Crippen molar-refractivity contribution in [2.75, 3.05) is 22.9 Å². The maximum atomic E-state index is 5.37. The second-order valence-corrected chi connectivity index (χ2v) is 1.94. The summed E-state index contributed by atoms with van der Waals surface area (Å²) in [7, 11) is 0. The number of hydrogen-bond acceptors (Lipinski definition) is 5. The van der Waals surface area contributed by atoms with Crippen molar-refractivity contribution in [1.29, 1.82) is 0 Å². The minimum atomic E-state index is 0. The number of nitrogen functional groups attached to an aromatic ring is 4. The van der Waals surface area contributed by atoms with Gasteiger partial charge in [0.25, 0.3) is 0 Å². The first-order valence-electron chi connectivity index (χ1n) is 2.68. The fraction of sp³-hybridized carbons (Fsp3) is 0. The van der Waals surface area contributed by atoms with Crippen LogP contribution in [0.3, 0.4) is 0 Å². The smallest absolute Gasteiger partial charge is 0.149 e. The summed E-state index contributed by atoms with van der Waals surface area (Å²) in [5, 5.41) is 0. The lowest BCUT2D eigenvalue weighted by Crippen LogP contribution is -2.04. The van der Waals surface area contributed by atoms with E-state index >= 15 is 0 Å². The number of nitrogens with two attached hydrogens (primary N) is 4. The van der Waals surface area contributed by atoms with Gasteiger partial charge in [-0.2, -0.15) is 0 Å². The third-order valence-corrected chi connectivity index (χ3v) is 1.14. The zero-order chi connectivity index (χ0) is 7.72. The Hall–Kier alpha value is -0.820. The first-order chi connectivity index (χ1) is 4.61. The quantitative estimate of drug-likeness (QED) is 0.515. The van der Waals surface area contributed by atoms with E-state index in [0.29, 0.717) is 11.4 Å². The number of anilines is 4. The van der Waals surface area contributed by atoms with Crippen molar-refractivity contribution in [1.82, 2.24) is 4.98 Å². The van der Waals surface area contributed by atoms with Crippen molar-refractivity contribution < 1.29 is 5.48 Å². The SMILES string of the molecule is Cl.Cl.Cl.Nc1cc(N)c(N)nc1N.O. The molecule has 0 spiro atoms. The summed E-state index contributed by atoms with van der Waals surface area (Å²) in [4.78, 5) is 3.68. The highest BCUT2D eigenvalue weighted by atomic mass is 35.5. The molecule has 0 saturated heterocycles. The topological polar surface area (TPSA) is 148 Å². The second kappa shape index (κ2) is 8.76. The highest BCUT2D eigenvalue weighted by Crippen LogP contribution is 2.19. The maximum absolute atomic E-state index is 5.37. The molecule has 0 aromatic carbocycles. The van der Waals surface area contributed by atoms with Crippen molar-refractivity contribution in [3.8, 4) is 0 Å². The molecule has 0 aliphatic heterocycles. The van der Waals surface area contributed by atoms with Crippen molar-refractivity contribution in [3.63, 3.8) is 0 Å². The molecule has 0 amide bonds. The lowest BCUT2D eigenvalue weighted by molar-refractivity contribution is 0.824. The molecular formula is C5H14Cl3N5O. The molecular weight excluding hydrogens is 252 g/mol. The molecule has 0 aliphatic rings. The Morgan fingerprint density at radius 2 is 1.07 bits per heavy atom. The summed E-state index contributed by atoms with van der Waals surface area (Å²) in [6.45, 7) is 0. The van der Waals surface area contributed by atoms with Gasteiger partial charge in [-0.15, -0.1) is 37.2 Å². The van der Waals surface area contributed by atoms with Crippen LogP contribution in [0.4, 0.5) is 23.0 Å². The lowest BCUT2D eigenvalue weighted by atomic mass is 10.3. The van der Waals surface area contributed by atoms with Crippen LogP contribution in [-0.4, -0.2) is 10.5 Å². The van der Waals surface area contributed by atoms with Crippen molar-refractivity contribution in [3.05, 3.63) is 6.07 Å². The molecule has 10 N–H and O–H groups in total. The van der Waals surface area contributed by atoms with Gasteiger partial charge in [0.15, 0.2) is 0 Å². The van der Waals surface area contributed by atoms with Crippen LogP contribution in [0, 0.1) is 0 Å². The number of pyridine rings is 1. The Balaban J connectivity index is -0.000000125. The van der Waals surface area contributed by atoms with Crippen LogP contribution in [0.1, 0.15) is 0 Å². The van der Waals surface area contributed by atoms with Gasteiger partial charge in [-0.25, -0.2) is 4.98 Å². The van der Waals surface area contributed by atoms with Gasteiger partial charge in [0.1, 0.15) is 11.6 Å². The molecule has 86 valence electrons. The fourth-order valence-electron chi connectivity index (χ4n) is 0.574. The van der Waals surface area contributed by atoms with Gasteiger partial charge in [-0.3, -0.25) is 0 Å². The van der Waals surface area contributed by atoms with E-state index in [2.05, 4.69) is 4.98 Å². The molecule has 6 nitrogen and oxygen atoms in total. The van der Waals surface area contributed by atoms with Crippen LogP contribution in [0.15, 0.2) is 6.07 Å². The average Bonchev–Trinajstić information content (AvgIpc) is 1.84. The lowest BCUT2D eigenvalue weighted by Gasteiger charge is -2.02. The predicted octanol–water partition coefficient (Wildman–Crippen LogP) is -0.149. The predicted molar refractivity (Wildman–Crippen MR) is 67.2 cm³/mol. The van der Waals surface area contributed by atoms with Gasteiger partial charge in [0.05, 0.1) is 11.4 Å².